The Morgan fingerprint density at radius 2 is 2.38 bits per heavy atom. The quantitative estimate of drug-likeness (QED) is 0.404. The van der Waals surface area contributed by atoms with Crippen LogP contribution in [0, 0.1) is 0 Å². The SMILES string of the molecule is O=C(O)C1=CS[C@@H]2C(=CC3=COC4CCNN34)C(=O)N12.[NaH]. The zero-order chi connectivity index (χ0) is 13.9. The van der Waals surface area contributed by atoms with Crippen LogP contribution < -0.4 is 5.43 Å². The molecule has 1 unspecified atom stereocenters. The number of carbonyl (C=O) groups is 2. The van der Waals surface area contributed by atoms with Gasteiger partial charge in [-0.15, -0.1) is 11.8 Å². The summed E-state index contributed by atoms with van der Waals surface area (Å²) in [6, 6.07) is 0. The van der Waals surface area contributed by atoms with E-state index in [0.717, 1.165) is 18.7 Å². The van der Waals surface area contributed by atoms with E-state index in [4.69, 9.17) is 9.84 Å². The predicted octanol–water partition coefficient (Wildman–Crippen LogP) is -0.487. The average Bonchev–Trinajstić information content (AvgIpc) is 3.09. The molecule has 9 heteroatoms. The van der Waals surface area contributed by atoms with Gasteiger partial charge in [0.15, 0.2) is 6.23 Å². The van der Waals surface area contributed by atoms with E-state index in [1.54, 1.807) is 12.3 Å². The Morgan fingerprint density at radius 3 is 3.14 bits per heavy atom. The van der Waals surface area contributed by atoms with Gasteiger partial charge < -0.3 is 9.84 Å². The van der Waals surface area contributed by atoms with Crippen LogP contribution in [0.25, 0.3) is 0 Å². The molecule has 7 nitrogen and oxygen atoms in total. The van der Waals surface area contributed by atoms with Gasteiger partial charge in [-0.3, -0.25) is 14.7 Å². The molecule has 21 heavy (non-hydrogen) atoms. The molecule has 0 aromatic heterocycles. The second kappa shape index (κ2) is 5.36. The standard InChI is InChI=1S/C12H11N3O4S.Na.H/c16-10-7(11-14(10)8(5-20-11)12(17)18)3-6-4-19-9-1-2-13-15(6)9;;/h3-5,9,11,13H,1-2H2,(H,17,18);;/t9?,11-;;/m1../s1. The molecule has 106 valence electrons. The summed E-state index contributed by atoms with van der Waals surface area (Å²) >= 11 is 1.34. The number of hydrazine groups is 1. The molecule has 0 radical (unpaired) electrons. The van der Waals surface area contributed by atoms with E-state index < -0.39 is 5.97 Å². The van der Waals surface area contributed by atoms with Crippen LogP contribution in [0.5, 0.6) is 0 Å². The summed E-state index contributed by atoms with van der Waals surface area (Å²) in [7, 11) is 0. The van der Waals surface area contributed by atoms with Gasteiger partial charge in [-0.2, -0.15) is 0 Å². The van der Waals surface area contributed by atoms with Crippen molar-refractivity contribution in [3.8, 4) is 0 Å². The number of ether oxygens (including phenoxy) is 1. The van der Waals surface area contributed by atoms with Gasteiger partial charge in [0.05, 0.1) is 11.3 Å². The first-order chi connectivity index (χ1) is 9.66. The van der Waals surface area contributed by atoms with Crippen LogP contribution in [0.1, 0.15) is 6.42 Å². The molecule has 0 aromatic rings. The summed E-state index contributed by atoms with van der Waals surface area (Å²) in [6.07, 6.45) is 4.29. The Morgan fingerprint density at radius 1 is 1.57 bits per heavy atom. The molecular weight excluding hydrogens is 305 g/mol. The van der Waals surface area contributed by atoms with Crippen LogP contribution in [-0.2, 0) is 14.3 Å². The van der Waals surface area contributed by atoms with E-state index in [-0.39, 0.29) is 52.8 Å². The van der Waals surface area contributed by atoms with Gasteiger partial charge in [0, 0.05) is 18.4 Å². The molecule has 4 aliphatic heterocycles. The molecule has 1 amide bonds. The molecule has 0 aromatic carbocycles. The summed E-state index contributed by atoms with van der Waals surface area (Å²) in [5.74, 6) is -1.32. The van der Waals surface area contributed by atoms with Gasteiger partial charge in [0.1, 0.15) is 17.3 Å². The maximum absolute atomic E-state index is 12.1. The first-order valence-corrected chi connectivity index (χ1v) is 7.13. The Hall–Kier alpha value is -0.930. The fraction of sp³-hybridized carbons (Fsp3) is 0.333. The summed E-state index contributed by atoms with van der Waals surface area (Å²) in [5.41, 5.74) is 4.64. The van der Waals surface area contributed by atoms with Gasteiger partial charge >= 0.3 is 35.5 Å². The Bertz CT molecular complexity index is 618. The predicted molar refractivity (Wildman–Crippen MR) is 76.6 cm³/mol. The van der Waals surface area contributed by atoms with Gasteiger partial charge in [0.2, 0.25) is 0 Å². The number of aliphatic carboxylic acids is 1. The number of hydrogen-bond acceptors (Lipinski definition) is 6. The van der Waals surface area contributed by atoms with Crippen molar-refractivity contribution >= 4 is 53.2 Å². The topological polar surface area (TPSA) is 82.1 Å². The molecule has 0 bridgehead atoms. The average molecular weight is 317 g/mol. The number of β-lactam (4-membered cyclic amide) rings is 1. The first kappa shape index (κ1) is 15.0. The Balaban J connectivity index is 0.00000132. The van der Waals surface area contributed by atoms with E-state index in [1.165, 1.54) is 22.1 Å². The molecular formula is C12H12N3NaO4S. The van der Waals surface area contributed by atoms with Crippen molar-refractivity contribution < 1.29 is 19.4 Å². The van der Waals surface area contributed by atoms with Crippen LogP contribution in [-0.4, -0.2) is 74.6 Å². The molecule has 2 N–H and O–H groups in total. The number of fused-ring (bicyclic) bond motifs is 2. The van der Waals surface area contributed by atoms with Crippen LogP contribution in [0.3, 0.4) is 0 Å². The summed E-state index contributed by atoms with van der Waals surface area (Å²) in [4.78, 5) is 24.4. The number of nitrogens with one attached hydrogen (secondary N) is 1. The normalized spacial score (nSPS) is 31.0. The summed E-state index contributed by atoms with van der Waals surface area (Å²) < 4.78 is 5.48. The van der Waals surface area contributed by atoms with Crippen molar-refractivity contribution in [3.63, 3.8) is 0 Å². The Kier molecular flexibility index (Phi) is 3.83. The van der Waals surface area contributed by atoms with Crippen LogP contribution in [0.2, 0.25) is 0 Å². The molecule has 0 spiro atoms. The van der Waals surface area contributed by atoms with Crippen molar-refractivity contribution in [3.05, 3.63) is 34.7 Å². The fourth-order valence-corrected chi connectivity index (χ4v) is 3.78. The number of carboxylic acid groups (broad SMARTS) is 1. The molecule has 4 heterocycles. The third-order valence-electron chi connectivity index (χ3n) is 3.64. The molecule has 4 rings (SSSR count). The van der Waals surface area contributed by atoms with Crippen LogP contribution in [0.15, 0.2) is 34.7 Å². The number of hydrogen-bond donors (Lipinski definition) is 2. The zero-order valence-corrected chi connectivity index (χ0v) is 11.1. The number of allylic oxidation sites excluding steroid dienone is 1. The molecule has 2 saturated heterocycles. The first-order valence-electron chi connectivity index (χ1n) is 6.19. The monoisotopic (exact) mass is 317 g/mol. The summed E-state index contributed by atoms with van der Waals surface area (Å²) in [5, 5.41) is 12.2. The number of carboxylic acids is 1. The number of nitrogens with zero attached hydrogens (tertiary/aromatic N) is 2. The summed E-state index contributed by atoms with van der Waals surface area (Å²) in [6.45, 7) is 0.841. The van der Waals surface area contributed by atoms with Gasteiger partial charge in [-0.1, -0.05) is 0 Å². The Labute approximate surface area is 146 Å². The van der Waals surface area contributed by atoms with E-state index in [9.17, 15) is 9.59 Å². The maximum atomic E-state index is 12.1. The molecule has 2 fully saturated rings. The van der Waals surface area contributed by atoms with Crippen molar-refractivity contribution in [1.82, 2.24) is 15.3 Å². The number of amides is 1. The minimum absolute atomic E-state index is 0. The van der Waals surface area contributed by atoms with Crippen LogP contribution >= 0.6 is 11.8 Å². The molecule has 0 saturated carbocycles. The third kappa shape index (κ3) is 2.13. The second-order valence-corrected chi connectivity index (χ2v) is 5.73. The number of rotatable bonds is 2. The number of thioether (sulfide) groups is 1. The van der Waals surface area contributed by atoms with Crippen LogP contribution in [0.4, 0.5) is 0 Å². The van der Waals surface area contributed by atoms with Crippen molar-refractivity contribution in [2.24, 2.45) is 0 Å². The molecule has 0 aliphatic carbocycles. The van der Waals surface area contributed by atoms with Gasteiger partial charge in [-0.25, -0.2) is 10.2 Å². The molecule has 4 aliphatic rings. The fourth-order valence-electron chi connectivity index (χ4n) is 2.66. The van der Waals surface area contributed by atoms with Crippen molar-refractivity contribution in [2.45, 2.75) is 18.0 Å². The van der Waals surface area contributed by atoms with E-state index in [1.807, 2.05) is 5.01 Å². The molecule has 2 atom stereocenters. The van der Waals surface area contributed by atoms with Gasteiger partial charge in [-0.05, 0) is 6.08 Å². The third-order valence-corrected chi connectivity index (χ3v) is 4.72. The van der Waals surface area contributed by atoms with Crippen molar-refractivity contribution in [1.29, 1.82) is 0 Å². The van der Waals surface area contributed by atoms with E-state index in [2.05, 4.69) is 5.43 Å². The van der Waals surface area contributed by atoms with Gasteiger partial charge in [0.25, 0.3) is 5.91 Å². The zero-order valence-electron chi connectivity index (χ0n) is 10.3. The van der Waals surface area contributed by atoms with E-state index >= 15 is 0 Å². The second-order valence-electron chi connectivity index (χ2n) is 4.77. The number of carbonyl (C=O) groups excluding carboxylic acids is 1. The minimum atomic E-state index is -1.07. The van der Waals surface area contributed by atoms with Crippen molar-refractivity contribution in [2.75, 3.05) is 6.54 Å². The van der Waals surface area contributed by atoms with E-state index in [0.29, 0.717) is 5.57 Å².